The van der Waals surface area contributed by atoms with Crippen molar-refractivity contribution in [1.29, 1.82) is 0 Å². The van der Waals surface area contributed by atoms with Crippen LogP contribution in [0.25, 0.3) is 0 Å². The molecule has 1 saturated heterocycles. The van der Waals surface area contributed by atoms with E-state index in [9.17, 15) is 8.42 Å². The number of anilines is 1. The Balaban J connectivity index is 1.87. The van der Waals surface area contributed by atoms with Gasteiger partial charge in [0, 0.05) is 31.9 Å². The minimum Gasteiger partial charge on any atom is -0.357 e. The van der Waals surface area contributed by atoms with Crippen molar-refractivity contribution in [3.63, 3.8) is 0 Å². The van der Waals surface area contributed by atoms with E-state index in [1.54, 1.807) is 20.8 Å². The topological polar surface area (TPSA) is 86.7 Å². The van der Waals surface area contributed by atoms with Crippen LogP contribution < -0.4 is 15.5 Å². The Kier molecular flexibility index (Phi) is 7.47. The molecule has 1 aliphatic heterocycles. The lowest BCUT2D eigenvalue weighted by molar-refractivity contribution is 0.459. The number of rotatable bonds is 6. The third-order valence-electron chi connectivity index (χ3n) is 4.72. The molecule has 2 heterocycles. The van der Waals surface area contributed by atoms with E-state index in [0.29, 0.717) is 12.0 Å². The van der Waals surface area contributed by atoms with Gasteiger partial charge in [-0.05, 0) is 52.7 Å². The maximum atomic E-state index is 12.2. The fourth-order valence-electron chi connectivity index (χ4n) is 2.89. The Morgan fingerprint density at radius 1 is 1.30 bits per heavy atom. The largest absolute Gasteiger partial charge is 0.357 e. The molecule has 1 aliphatic rings. The SMILES string of the molecule is CCNC(=NCCS(=O)(=O)C(C)(C)C)NC1CCN(c2ccccn2)CC1. The van der Waals surface area contributed by atoms with Gasteiger partial charge in [-0.25, -0.2) is 13.4 Å². The second kappa shape index (κ2) is 9.39. The molecule has 0 atom stereocenters. The Bertz CT molecular complexity index is 705. The van der Waals surface area contributed by atoms with Crippen LogP contribution in [-0.4, -0.2) is 62.1 Å². The monoisotopic (exact) mass is 395 g/mol. The molecule has 0 radical (unpaired) electrons. The van der Waals surface area contributed by atoms with E-state index in [2.05, 4.69) is 25.5 Å². The maximum absolute atomic E-state index is 12.2. The van der Waals surface area contributed by atoms with E-state index in [-0.39, 0.29) is 12.3 Å². The summed E-state index contributed by atoms with van der Waals surface area (Å²) in [5.74, 6) is 1.77. The highest BCUT2D eigenvalue weighted by molar-refractivity contribution is 7.92. The molecule has 0 saturated carbocycles. The summed E-state index contributed by atoms with van der Waals surface area (Å²) in [6.45, 7) is 10.1. The highest BCUT2D eigenvalue weighted by atomic mass is 32.2. The van der Waals surface area contributed by atoms with Crippen LogP contribution in [0.1, 0.15) is 40.5 Å². The van der Waals surface area contributed by atoms with E-state index >= 15 is 0 Å². The first-order valence-electron chi connectivity index (χ1n) is 9.66. The van der Waals surface area contributed by atoms with Crippen LogP contribution in [0.3, 0.4) is 0 Å². The number of piperidine rings is 1. The summed E-state index contributed by atoms with van der Waals surface area (Å²) in [6.07, 6.45) is 3.80. The molecule has 2 rings (SSSR count). The maximum Gasteiger partial charge on any atom is 0.191 e. The van der Waals surface area contributed by atoms with Gasteiger partial charge in [-0.3, -0.25) is 4.99 Å². The van der Waals surface area contributed by atoms with E-state index in [0.717, 1.165) is 38.3 Å². The molecule has 8 heteroatoms. The number of nitrogens with zero attached hydrogens (tertiary/aromatic N) is 3. The summed E-state index contributed by atoms with van der Waals surface area (Å²) in [5, 5.41) is 6.67. The van der Waals surface area contributed by atoms with Crippen molar-refractivity contribution in [2.45, 2.75) is 51.3 Å². The molecule has 152 valence electrons. The van der Waals surface area contributed by atoms with Crippen LogP contribution >= 0.6 is 0 Å². The number of nitrogens with one attached hydrogen (secondary N) is 2. The predicted octanol–water partition coefficient (Wildman–Crippen LogP) is 1.82. The van der Waals surface area contributed by atoms with Crippen molar-refractivity contribution in [1.82, 2.24) is 15.6 Å². The number of pyridine rings is 1. The van der Waals surface area contributed by atoms with E-state index in [4.69, 9.17) is 0 Å². The third-order valence-corrected chi connectivity index (χ3v) is 7.30. The molecule has 27 heavy (non-hydrogen) atoms. The molecule has 0 aliphatic carbocycles. The van der Waals surface area contributed by atoms with Crippen molar-refractivity contribution in [3.05, 3.63) is 24.4 Å². The third kappa shape index (κ3) is 6.37. The van der Waals surface area contributed by atoms with Gasteiger partial charge in [0.25, 0.3) is 0 Å². The minimum atomic E-state index is -3.16. The van der Waals surface area contributed by atoms with Gasteiger partial charge in [-0.2, -0.15) is 0 Å². The van der Waals surface area contributed by atoms with Crippen molar-refractivity contribution >= 4 is 21.6 Å². The Morgan fingerprint density at radius 3 is 2.56 bits per heavy atom. The molecular weight excluding hydrogens is 362 g/mol. The fraction of sp³-hybridized carbons (Fsp3) is 0.684. The van der Waals surface area contributed by atoms with Gasteiger partial charge in [0.2, 0.25) is 0 Å². The molecule has 1 aromatic heterocycles. The first-order chi connectivity index (χ1) is 12.7. The van der Waals surface area contributed by atoms with Crippen LogP contribution in [0.2, 0.25) is 0 Å². The van der Waals surface area contributed by atoms with E-state index in [1.807, 2.05) is 31.3 Å². The van der Waals surface area contributed by atoms with Crippen molar-refractivity contribution < 1.29 is 8.42 Å². The minimum absolute atomic E-state index is 0.0607. The number of hydrogen-bond acceptors (Lipinski definition) is 5. The second-order valence-corrected chi connectivity index (χ2v) is 10.6. The zero-order valence-electron chi connectivity index (χ0n) is 16.9. The average molecular weight is 396 g/mol. The number of aromatic nitrogens is 1. The summed E-state index contributed by atoms with van der Waals surface area (Å²) >= 11 is 0. The summed E-state index contributed by atoms with van der Waals surface area (Å²) in [6, 6.07) is 6.29. The lowest BCUT2D eigenvalue weighted by Crippen LogP contribution is -2.49. The smallest absolute Gasteiger partial charge is 0.191 e. The molecule has 1 aromatic rings. The zero-order valence-corrected chi connectivity index (χ0v) is 17.7. The van der Waals surface area contributed by atoms with Gasteiger partial charge in [-0.15, -0.1) is 0 Å². The van der Waals surface area contributed by atoms with Crippen LogP contribution in [0.5, 0.6) is 0 Å². The lowest BCUT2D eigenvalue weighted by Gasteiger charge is -2.33. The predicted molar refractivity (Wildman–Crippen MR) is 112 cm³/mol. The van der Waals surface area contributed by atoms with Gasteiger partial charge < -0.3 is 15.5 Å². The molecule has 0 spiro atoms. The van der Waals surface area contributed by atoms with E-state index < -0.39 is 14.6 Å². The molecule has 0 amide bonds. The first kappa shape index (κ1) is 21.5. The number of guanidine groups is 1. The van der Waals surface area contributed by atoms with Crippen molar-refractivity contribution in [3.8, 4) is 0 Å². The number of sulfone groups is 1. The standard InChI is InChI=1S/C19H33N5O2S/c1-5-20-18(22-12-15-27(25,26)19(2,3)4)23-16-9-13-24(14-10-16)17-8-6-7-11-21-17/h6-8,11,16H,5,9-10,12-15H2,1-4H3,(H2,20,22,23). The van der Waals surface area contributed by atoms with E-state index in [1.165, 1.54) is 0 Å². The summed E-state index contributed by atoms with van der Waals surface area (Å²) in [5.41, 5.74) is 0. The molecule has 7 nitrogen and oxygen atoms in total. The van der Waals surface area contributed by atoms with Crippen LogP contribution in [0.15, 0.2) is 29.4 Å². The normalized spacial score (nSPS) is 17.0. The number of aliphatic imine (C=N–C) groups is 1. The molecule has 1 fully saturated rings. The average Bonchev–Trinajstić information content (AvgIpc) is 2.62. The molecular formula is C19H33N5O2S. The van der Waals surface area contributed by atoms with Gasteiger partial charge >= 0.3 is 0 Å². The summed E-state index contributed by atoms with van der Waals surface area (Å²) < 4.78 is 23.7. The second-order valence-electron chi connectivity index (χ2n) is 7.79. The van der Waals surface area contributed by atoms with Gasteiger partial charge in [0.1, 0.15) is 5.82 Å². The first-order valence-corrected chi connectivity index (χ1v) is 11.3. The summed E-state index contributed by atoms with van der Waals surface area (Å²) in [7, 11) is -3.16. The summed E-state index contributed by atoms with van der Waals surface area (Å²) in [4.78, 5) is 11.2. The number of hydrogen-bond donors (Lipinski definition) is 2. The van der Waals surface area contributed by atoms with Gasteiger partial charge in [0.15, 0.2) is 15.8 Å². The molecule has 0 aromatic carbocycles. The zero-order chi connectivity index (χ0) is 19.9. The van der Waals surface area contributed by atoms with Gasteiger partial charge in [-0.1, -0.05) is 6.07 Å². The highest BCUT2D eigenvalue weighted by Gasteiger charge is 2.28. The molecule has 2 N–H and O–H groups in total. The fourth-order valence-corrected chi connectivity index (χ4v) is 3.83. The molecule has 0 bridgehead atoms. The van der Waals surface area contributed by atoms with Crippen molar-refractivity contribution in [2.24, 2.45) is 4.99 Å². The van der Waals surface area contributed by atoms with Crippen LogP contribution in [-0.2, 0) is 9.84 Å². The van der Waals surface area contributed by atoms with Crippen LogP contribution in [0.4, 0.5) is 5.82 Å². The van der Waals surface area contributed by atoms with Crippen molar-refractivity contribution in [2.75, 3.05) is 36.8 Å². The Hall–Kier alpha value is -1.83. The Morgan fingerprint density at radius 2 is 2.00 bits per heavy atom. The highest BCUT2D eigenvalue weighted by Crippen LogP contribution is 2.17. The lowest BCUT2D eigenvalue weighted by atomic mass is 10.1. The molecule has 0 unspecified atom stereocenters. The Labute approximate surface area is 163 Å². The van der Waals surface area contributed by atoms with Gasteiger partial charge in [0.05, 0.1) is 17.0 Å². The van der Waals surface area contributed by atoms with Crippen LogP contribution in [0, 0.1) is 0 Å². The quantitative estimate of drug-likeness (QED) is 0.564.